The predicted octanol–water partition coefficient (Wildman–Crippen LogP) is 1.69. The van der Waals surface area contributed by atoms with Crippen molar-refractivity contribution in [2.24, 2.45) is 0 Å². The number of nitrogens with zero attached hydrogens (tertiary/aromatic N) is 3. The number of amides is 1. The summed E-state index contributed by atoms with van der Waals surface area (Å²) in [5, 5.41) is 8.86. The number of likely N-dealkylation sites (N-methyl/N-ethyl adjacent to an activating group) is 2. The molecule has 0 aromatic heterocycles. The average molecular weight is 388 g/mol. The third kappa shape index (κ3) is 6.55. The summed E-state index contributed by atoms with van der Waals surface area (Å²) in [6.07, 6.45) is 1.68. The second-order valence-electron chi connectivity index (χ2n) is 6.66. The van der Waals surface area contributed by atoms with Crippen molar-refractivity contribution in [3.8, 4) is 0 Å². The minimum absolute atomic E-state index is 0. The Balaban J connectivity index is 0.00000338. The Kier molecular flexibility index (Phi) is 8.98. The maximum absolute atomic E-state index is 13.7. The summed E-state index contributed by atoms with van der Waals surface area (Å²) in [4.78, 5) is 28.6. The highest BCUT2D eigenvalue weighted by Crippen LogP contribution is 2.16. The summed E-state index contributed by atoms with van der Waals surface area (Å²) < 4.78 is 13.7. The fourth-order valence-corrected chi connectivity index (χ4v) is 3.14. The number of carboxylic acids is 1. The van der Waals surface area contributed by atoms with Crippen LogP contribution in [-0.4, -0.2) is 78.0 Å². The van der Waals surface area contributed by atoms with E-state index >= 15 is 0 Å². The molecular formula is C18H27ClFN3O3. The zero-order chi connectivity index (χ0) is 18.4. The molecule has 0 unspecified atom stereocenters. The zero-order valence-electron chi connectivity index (χ0n) is 15.2. The van der Waals surface area contributed by atoms with Crippen molar-refractivity contribution in [1.82, 2.24) is 14.7 Å². The number of rotatable bonds is 7. The smallest absolute Gasteiger partial charge is 0.317 e. The number of hydrogen-bond acceptors (Lipinski definition) is 4. The Hall–Kier alpha value is -1.70. The van der Waals surface area contributed by atoms with Crippen LogP contribution in [0.4, 0.5) is 4.39 Å². The Morgan fingerprint density at radius 1 is 1.23 bits per heavy atom. The lowest BCUT2D eigenvalue weighted by atomic mass is 10.0. The number of likely N-dealkylation sites (tertiary alicyclic amines) is 1. The Labute approximate surface area is 160 Å². The first kappa shape index (κ1) is 22.3. The largest absolute Gasteiger partial charge is 0.480 e. The van der Waals surface area contributed by atoms with Crippen molar-refractivity contribution >= 4 is 24.3 Å². The summed E-state index contributed by atoms with van der Waals surface area (Å²) >= 11 is 0. The van der Waals surface area contributed by atoms with Gasteiger partial charge in [0, 0.05) is 38.3 Å². The van der Waals surface area contributed by atoms with Crippen LogP contribution in [0.2, 0.25) is 0 Å². The molecule has 8 heteroatoms. The second kappa shape index (κ2) is 10.4. The lowest BCUT2D eigenvalue weighted by molar-refractivity contribution is -0.138. The van der Waals surface area contributed by atoms with E-state index in [0.717, 1.165) is 25.9 Å². The molecule has 2 rings (SSSR count). The fraction of sp³-hybridized carbons (Fsp3) is 0.556. The summed E-state index contributed by atoms with van der Waals surface area (Å²) in [5.41, 5.74) is 0.507. The van der Waals surface area contributed by atoms with Crippen LogP contribution in [0.3, 0.4) is 0 Å². The monoisotopic (exact) mass is 387 g/mol. The number of carboxylic acid groups (broad SMARTS) is 1. The number of benzene rings is 1. The normalized spacial score (nSPS) is 15.5. The Morgan fingerprint density at radius 3 is 2.42 bits per heavy atom. The molecule has 0 atom stereocenters. The number of carbonyl (C=O) groups excluding carboxylic acids is 1. The molecule has 0 saturated carbocycles. The molecule has 26 heavy (non-hydrogen) atoms. The van der Waals surface area contributed by atoms with E-state index in [1.54, 1.807) is 30.1 Å². The van der Waals surface area contributed by atoms with Crippen molar-refractivity contribution < 1.29 is 19.1 Å². The van der Waals surface area contributed by atoms with Crippen LogP contribution in [0.1, 0.15) is 18.4 Å². The van der Waals surface area contributed by atoms with Crippen LogP contribution in [0.5, 0.6) is 0 Å². The van der Waals surface area contributed by atoms with E-state index in [2.05, 4.69) is 4.90 Å². The first-order valence-electron chi connectivity index (χ1n) is 8.48. The molecule has 1 aliphatic heterocycles. The van der Waals surface area contributed by atoms with Gasteiger partial charge in [-0.1, -0.05) is 18.2 Å². The molecule has 146 valence electrons. The maximum Gasteiger partial charge on any atom is 0.317 e. The van der Waals surface area contributed by atoms with Gasteiger partial charge >= 0.3 is 5.97 Å². The van der Waals surface area contributed by atoms with Crippen molar-refractivity contribution in [2.75, 3.05) is 40.3 Å². The highest BCUT2D eigenvalue weighted by atomic mass is 35.5. The van der Waals surface area contributed by atoms with Crippen molar-refractivity contribution in [3.63, 3.8) is 0 Å². The van der Waals surface area contributed by atoms with Gasteiger partial charge in [0.1, 0.15) is 5.82 Å². The molecule has 0 spiro atoms. The Bertz CT molecular complexity index is 609. The highest BCUT2D eigenvalue weighted by molar-refractivity contribution is 5.85. The molecule has 1 saturated heterocycles. The molecule has 1 aromatic rings. The number of hydrogen-bond donors (Lipinski definition) is 1. The van der Waals surface area contributed by atoms with Crippen LogP contribution < -0.4 is 0 Å². The van der Waals surface area contributed by atoms with Gasteiger partial charge in [0.2, 0.25) is 5.91 Å². The highest BCUT2D eigenvalue weighted by Gasteiger charge is 2.25. The number of halogens is 2. The molecule has 0 aliphatic carbocycles. The van der Waals surface area contributed by atoms with Crippen LogP contribution in [0, 0.1) is 5.82 Å². The van der Waals surface area contributed by atoms with Gasteiger partial charge < -0.3 is 10.0 Å². The molecule has 1 N–H and O–H groups in total. The molecule has 1 amide bonds. The van der Waals surface area contributed by atoms with Gasteiger partial charge in [0.05, 0.1) is 13.1 Å². The quantitative estimate of drug-likeness (QED) is 0.771. The Morgan fingerprint density at radius 2 is 1.85 bits per heavy atom. The summed E-state index contributed by atoms with van der Waals surface area (Å²) in [6.45, 7) is 2.11. The van der Waals surface area contributed by atoms with Gasteiger partial charge in [-0.05, 0) is 26.0 Å². The molecule has 6 nitrogen and oxygen atoms in total. The topological polar surface area (TPSA) is 64.1 Å². The van der Waals surface area contributed by atoms with Crippen LogP contribution in [-0.2, 0) is 16.1 Å². The van der Waals surface area contributed by atoms with E-state index in [1.807, 2.05) is 11.9 Å². The number of piperidine rings is 1. The molecule has 1 aromatic carbocycles. The van der Waals surface area contributed by atoms with Gasteiger partial charge in [-0.2, -0.15) is 0 Å². The van der Waals surface area contributed by atoms with E-state index in [-0.39, 0.29) is 43.3 Å². The first-order chi connectivity index (χ1) is 11.9. The van der Waals surface area contributed by atoms with E-state index in [4.69, 9.17) is 5.11 Å². The first-order valence-corrected chi connectivity index (χ1v) is 8.48. The molecule has 1 fully saturated rings. The molecule has 1 aliphatic rings. The SMILES string of the molecule is CN(Cc1ccccc1F)C(=O)CN1CCC(N(C)CC(=O)O)CC1.Cl. The lowest BCUT2D eigenvalue weighted by Gasteiger charge is -2.36. The van der Waals surface area contributed by atoms with Crippen LogP contribution in [0.15, 0.2) is 24.3 Å². The van der Waals surface area contributed by atoms with Gasteiger partial charge in [0.25, 0.3) is 0 Å². The van der Waals surface area contributed by atoms with Crippen molar-refractivity contribution in [1.29, 1.82) is 0 Å². The third-order valence-electron chi connectivity index (χ3n) is 4.72. The van der Waals surface area contributed by atoms with Gasteiger partial charge in [-0.15, -0.1) is 12.4 Å². The standard InChI is InChI=1S/C18H26FN3O3.ClH/c1-20(13-18(24)25)15-7-9-22(10-8-15)12-17(23)21(2)11-14-5-3-4-6-16(14)19;/h3-6,15H,7-13H2,1-2H3,(H,24,25);1H. The van der Waals surface area contributed by atoms with Crippen LogP contribution >= 0.6 is 12.4 Å². The molecule has 1 heterocycles. The van der Waals surface area contributed by atoms with Crippen molar-refractivity contribution in [2.45, 2.75) is 25.4 Å². The van der Waals surface area contributed by atoms with E-state index < -0.39 is 5.97 Å². The minimum atomic E-state index is -0.824. The summed E-state index contributed by atoms with van der Waals surface area (Å²) in [7, 11) is 3.50. The number of carbonyl (C=O) groups is 2. The predicted molar refractivity (Wildman–Crippen MR) is 99.8 cm³/mol. The van der Waals surface area contributed by atoms with Gasteiger partial charge in [0.15, 0.2) is 0 Å². The molecular weight excluding hydrogens is 361 g/mol. The van der Waals surface area contributed by atoms with Gasteiger partial charge in [-0.3, -0.25) is 19.4 Å². The zero-order valence-corrected chi connectivity index (χ0v) is 16.0. The maximum atomic E-state index is 13.7. The van der Waals surface area contributed by atoms with Gasteiger partial charge in [-0.25, -0.2) is 4.39 Å². The van der Waals surface area contributed by atoms with E-state index in [0.29, 0.717) is 12.1 Å². The lowest BCUT2D eigenvalue weighted by Crippen LogP contribution is -2.47. The minimum Gasteiger partial charge on any atom is -0.480 e. The molecule has 0 bridgehead atoms. The third-order valence-corrected chi connectivity index (χ3v) is 4.72. The summed E-state index contributed by atoms with van der Waals surface area (Å²) in [6, 6.07) is 6.70. The van der Waals surface area contributed by atoms with Crippen LogP contribution in [0.25, 0.3) is 0 Å². The van der Waals surface area contributed by atoms with Crippen molar-refractivity contribution in [3.05, 3.63) is 35.6 Å². The average Bonchev–Trinajstić information content (AvgIpc) is 2.56. The van der Waals surface area contributed by atoms with E-state index in [9.17, 15) is 14.0 Å². The van der Waals surface area contributed by atoms with E-state index in [1.165, 1.54) is 6.07 Å². The second-order valence-corrected chi connectivity index (χ2v) is 6.66. The fourth-order valence-electron chi connectivity index (χ4n) is 3.14. The number of aliphatic carboxylic acids is 1. The molecule has 0 radical (unpaired) electrons. The summed E-state index contributed by atoms with van der Waals surface area (Å²) in [5.74, 6) is -1.17.